The zero-order valence-corrected chi connectivity index (χ0v) is 14.9. The molecule has 1 fully saturated rings. The third-order valence-corrected chi connectivity index (χ3v) is 4.96. The SMILES string of the molecule is COc1ccc([C@@](C)(O)[C@@H]2CCCN2C(=O)c2cncc(C)c2)cc1. The largest absolute Gasteiger partial charge is 0.497 e. The monoisotopic (exact) mass is 340 g/mol. The number of hydrogen-bond donors (Lipinski definition) is 1. The summed E-state index contributed by atoms with van der Waals surface area (Å²) in [6, 6.07) is 8.94. The van der Waals surface area contributed by atoms with Crippen LogP contribution >= 0.6 is 0 Å². The van der Waals surface area contributed by atoms with Gasteiger partial charge in [0, 0.05) is 18.9 Å². The van der Waals surface area contributed by atoms with Gasteiger partial charge in [-0.1, -0.05) is 12.1 Å². The molecule has 25 heavy (non-hydrogen) atoms. The number of rotatable bonds is 4. The zero-order valence-electron chi connectivity index (χ0n) is 14.9. The summed E-state index contributed by atoms with van der Waals surface area (Å²) in [5.41, 5.74) is 1.16. The highest BCUT2D eigenvalue weighted by molar-refractivity contribution is 5.94. The maximum atomic E-state index is 12.9. The first kappa shape index (κ1) is 17.4. The van der Waals surface area contributed by atoms with Crippen molar-refractivity contribution in [3.63, 3.8) is 0 Å². The summed E-state index contributed by atoms with van der Waals surface area (Å²) in [4.78, 5) is 18.8. The Kier molecular flexibility index (Phi) is 4.77. The number of likely N-dealkylation sites (tertiary alicyclic amines) is 1. The predicted molar refractivity (Wildman–Crippen MR) is 95.6 cm³/mol. The van der Waals surface area contributed by atoms with E-state index in [4.69, 9.17) is 4.74 Å². The molecule has 1 aliphatic heterocycles. The summed E-state index contributed by atoms with van der Waals surface area (Å²) in [5, 5.41) is 11.2. The fourth-order valence-electron chi connectivity index (χ4n) is 3.55. The molecule has 1 aromatic heterocycles. The van der Waals surface area contributed by atoms with Crippen LogP contribution in [0.5, 0.6) is 5.75 Å². The third kappa shape index (κ3) is 3.37. The van der Waals surface area contributed by atoms with Gasteiger partial charge in [0.05, 0.1) is 18.7 Å². The van der Waals surface area contributed by atoms with E-state index in [0.717, 1.165) is 29.7 Å². The second-order valence-electron chi connectivity index (χ2n) is 6.78. The topological polar surface area (TPSA) is 62.7 Å². The number of benzene rings is 1. The molecule has 0 saturated carbocycles. The Hall–Kier alpha value is -2.40. The highest BCUT2D eigenvalue weighted by Gasteiger charge is 2.42. The number of pyridine rings is 1. The quantitative estimate of drug-likeness (QED) is 0.929. The van der Waals surface area contributed by atoms with Crippen molar-refractivity contribution in [3.8, 4) is 5.75 Å². The number of carbonyl (C=O) groups is 1. The van der Waals surface area contributed by atoms with Gasteiger partial charge in [-0.25, -0.2) is 0 Å². The minimum absolute atomic E-state index is 0.0764. The van der Waals surface area contributed by atoms with E-state index in [0.29, 0.717) is 12.1 Å². The van der Waals surface area contributed by atoms with Crippen LogP contribution in [-0.4, -0.2) is 40.6 Å². The minimum atomic E-state index is -1.13. The van der Waals surface area contributed by atoms with Crippen LogP contribution in [-0.2, 0) is 5.60 Å². The normalized spacial score (nSPS) is 19.5. The van der Waals surface area contributed by atoms with Crippen LogP contribution in [0.15, 0.2) is 42.7 Å². The van der Waals surface area contributed by atoms with E-state index in [2.05, 4.69) is 4.98 Å². The molecule has 1 aliphatic rings. The van der Waals surface area contributed by atoms with Gasteiger partial charge in [0.1, 0.15) is 11.4 Å². The Morgan fingerprint density at radius 2 is 2.04 bits per heavy atom. The van der Waals surface area contributed by atoms with Crippen LogP contribution in [0.4, 0.5) is 0 Å². The van der Waals surface area contributed by atoms with Crippen molar-refractivity contribution in [2.45, 2.75) is 38.3 Å². The summed E-state index contributed by atoms with van der Waals surface area (Å²) in [6.07, 6.45) is 4.96. The molecule has 1 N–H and O–H groups in total. The van der Waals surface area contributed by atoms with E-state index in [-0.39, 0.29) is 11.9 Å². The van der Waals surface area contributed by atoms with Crippen molar-refractivity contribution in [3.05, 3.63) is 59.4 Å². The van der Waals surface area contributed by atoms with Crippen LogP contribution in [0.2, 0.25) is 0 Å². The Balaban J connectivity index is 1.87. The van der Waals surface area contributed by atoms with Gasteiger partial charge in [-0.3, -0.25) is 9.78 Å². The van der Waals surface area contributed by atoms with Crippen LogP contribution in [0.25, 0.3) is 0 Å². The number of aryl methyl sites for hydroxylation is 1. The predicted octanol–water partition coefficient (Wildman–Crippen LogP) is 2.91. The lowest BCUT2D eigenvalue weighted by atomic mass is 9.86. The van der Waals surface area contributed by atoms with E-state index < -0.39 is 5.60 Å². The molecule has 1 amide bonds. The number of aliphatic hydroxyl groups is 1. The molecular formula is C20H24N2O3. The lowest BCUT2D eigenvalue weighted by Crippen LogP contribution is -2.48. The molecule has 0 spiro atoms. The van der Waals surface area contributed by atoms with Gasteiger partial charge in [-0.15, -0.1) is 0 Å². The van der Waals surface area contributed by atoms with E-state index in [1.54, 1.807) is 31.3 Å². The Labute approximate surface area is 148 Å². The fraction of sp³-hybridized carbons (Fsp3) is 0.400. The molecule has 3 rings (SSSR count). The molecule has 0 aliphatic carbocycles. The Morgan fingerprint density at radius 1 is 1.32 bits per heavy atom. The Bertz CT molecular complexity index is 756. The molecule has 2 heterocycles. The van der Waals surface area contributed by atoms with Crippen molar-refractivity contribution in [2.75, 3.05) is 13.7 Å². The maximum absolute atomic E-state index is 12.9. The molecule has 132 valence electrons. The van der Waals surface area contributed by atoms with Crippen LogP contribution in [0, 0.1) is 6.92 Å². The number of carbonyl (C=O) groups excluding carboxylic acids is 1. The summed E-state index contributed by atoms with van der Waals surface area (Å²) < 4.78 is 5.18. The molecule has 0 bridgehead atoms. The van der Waals surface area contributed by atoms with Gasteiger partial charge in [0.2, 0.25) is 0 Å². The van der Waals surface area contributed by atoms with Crippen molar-refractivity contribution in [1.29, 1.82) is 0 Å². The van der Waals surface area contributed by atoms with Gasteiger partial charge in [-0.2, -0.15) is 0 Å². The van der Waals surface area contributed by atoms with Gasteiger partial charge >= 0.3 is 0 Å². The number of nitrogens with zero attached hydrogens (tertiary/aromatic N) is 2. The van der Waals surface area contributed by atoms with Crippen molar-refractivity contribution >= 4 is 5.91 Å². The highest BCUT2D eigenvalue weighted by Crippen LogP contribution is 2.36. The lowest BCUT2D eigenvalue weighted by Gasteiger charge is -2.37. The first-order valence-corrected chi connectivity index (χ1v) is 8.53. The Morgan fingerprint density at radius 3 is 2.68 bits per heavy atom. The van der Waals surface area contributed by atoms with Gasteiger partial charge in [0.15, 0.2) is 0 Å². The molecular weight excluding hydrogens is 316 g/mol. The van der Waals surface area contributed by atoms with Crippen molar-refractivity contribution < 1.29 is 14.6 Å². The van der Waals surface area contributed by atoms with E-state index in [1.807, 2.05) is 37.3 Å². The second-order valence-corrected chi connectivity index (χ2v) is 6.78. The van der Waals surface area contributed by atoms with E-state index in [9.17, 15) is 9.90 Å². The molecule has 2 aromatic rings. The number of amides is 1. The smallest absolute Gasteiger partial charge is 0.255 e. The number of ether oxygens (including phenoxy) is 1. The van der Waals surface area contributed by atoms with E-state index in [1.165, 1.54) is 0 Å². The number of methoxy groups -OCH3 is 1. The average molecular weight is 340 g/mol. The first-order chi connectivity index (χ1) is 11.9. The van der Waals surface area contributed by atoms with Crippen LogP contribution < -0.4 is 4.74 Å². The summed E-state index contributed by atoms with van der Waals surface area (Å²) in [5.74, 6) is 0.664. The molecule has 0 unspecified atom stereocenters. The van der Waals surface area contributed by atoms with Crippen molar-refractivity contribution in [1.82, 2.24) is 9.88 Å². The molecule has 0 radical (unpaired) electrons. The number of hydrogen-bond acceptors (Lipinski definition) is 4. The standard InChI is InChI=1S/C20H24N2O3/c1-14-11-15(13-21-12-14)19(23)22-10-4-5-18(22)20(2,24)16-6-8-17(25-3)9-7-16/h6-9,11-13,18,24H,4-5,10H2,1-3H3/t18-,20+/m0/s1. The molecule has 1 aromatic carbocycles. The minimum Gasteiger partial charge on any atom is -0.497 e. The molecule has 1 saturated heterocycles. The number of aromatic nitrogens is 1. The molecule has 5 heteroatoms. The fourth-order valence-corrected chi connectivity index (χ4v) is 3.55. The summed E-state index contributed by atoms with van der Waals surface area (Å²) in [6.45, 7) is 4.34. The third-order valence-electron chi connectivity index (χ3n) is 4.96. The lowest BCUT2D eigenvalue weighted by molar-refractivity contribution is -0.0177. The average Bonchev–Trinajstić information content (AvgIpc) is 3.11. The van der Waals surface area contributed by atoms with E-state index >= 15 is 0 Å². The van der Waals surface area contributed by atoms with Crippen molar-refractivity contribution in [2.24, 2.45) is 0 Å². The summed E-state index contributed by atoms with van der Waals surface area (Å²) >= 11 is 0. The van der Waals surface area contributed by atoms with Gasteiger partial charge < -0.3 is 14.7 Å². The zero-order chi connectivity index (χ0) is 18.0. The van der Waals surface area contributed by atoms with Crippen LogP contribution in [0.3, 0.4) is 0 Å². The molecule has 2 atom stereocenters. The first-order valence-electron chi connectivity index (χ1n) is 8.53. The maximum Gasteiger partial charge on any atom is 0.255 e. The van der Waals surface area contributed by atoms with Crippen LogP contribution in [0.1, 0.15) is 41.3 Å². The highest BCUT2D eigenvalue weighted by atomic mass is 16.5. The second kappa shape index (κ2) is 6.84. The van der Waals surface area contributed by atoms with Gasteiger partial charge in [-0.05, 0) is 56.0 Å². The molecule has 5 nitrogen and oxygen atoms in total. The summed E-state index contributed by atoms with van der Waals surface area (Å²) in [7, 11) is 1.61. The van der Waals surface area contributed by atoms with Gasteiger partial charge in [0.25, 0.3) is 5.91 Å².